The normalized spacial score (nSPS) is 27.7. The Balaban J connectivity index is 0.000000197. The zero-order valence-electron chi connectivity index (χ0n) is 22.1. The van der Waals surface area contributed by atoms with Gasteiger partial charge >= 0.3 is 0 Å². The molecule has 36 heavy (non-hydrogen) atoms. The molecule has 4 unspecified atom stereocenters. The second-order valence-electron chi connectivity index (χ2n) is 11.5. The largest absolute Gasteiger partial charge is 0.392 e. The molecule has 2 fully saturated rings. The van der Waals surface area contributed by atoms with Gasteiger partial charge in [0.25, 0.3) is 0 Å². The maximum atomic E-state index is 10.7. The molecule has 0 aliphatic heterocycles. The summed E-state index contributed by atoms with van der Waals surface area (Å²) >= 11 is 0. The van der Waals surface area contributed by atoms with Gasteiger partial charge in [0.1, 0.15) is 0 Å². The van der Waals surface area contributed by atoms with Crippen molar-refractivity contribution in [2.75, 3.05) is 0 Å². The molecular formula is C32H42IrNO2-. The number of hydrogen-bond acceptors (Lipinski definition) is 3. The molecule has 1 heterocycles. The van der Waals surface area contributed by atoms with E-state index >= 15 is 0 Å². The third-order valence-corrected chi connectivity index (χ3v) is 8.28. The fraction of sp³-hybridized carbons (Fsp3) is 0.531. The molecule has 2 aromatic carbocycles. The van der Waals surface area contributed by atoms with Crippen molar-refractivity contribution in [3.8, 4) is 11.3 Å². The van der Waals surface area contributed by atoms with Crippen molar-refractivity contribution in [2.45, 2.75) is 72.0 Å². The first kappa shape index (κ1) is 29.0. The Hall–Kier alpha value is -1.58. The smallest absolute Gasteiger partial charge is 0.0626 e. The van der Waals surface area contributed by atoms with Gasteiger partial charge in [0.15, 0.2) is 0 Å². The summed E-state index contributed by atoms with van der Waals surface area (Å²) in [5, 5.41) is 23.8. The summed E-state index contributed by atoms with van der Waals surface area (Å²) in [6.45, 7) is 8.87. The van der Waals surface area contributed by atoms with Crippen molar-refractivity contribution in [2.24, 2.45) is 35.5 Å². The molecule has 0 bridgehead atoms. The van der Waals surface area contributed by atoms with Gasteiger partial charge in [-0.1, -0.05) is 58.0 Å². The van der Waals surface area contributed by atoms with Gasteiger partial charge in [-0.3, -0.25) is 0 Å². The fourth-order valence-corrected chi connectivity index (χ4v) is 6.44. The van der Waals surface area contributed by atoms with Gasteiger partial charge in [-0.05, 0) is 78.2 Å². The summed E-state index contributed by atoms with van der Waals surface area (Å²) in [7, 11) is 0. The quantitative estimate of drug-likeness (QED) is 0.291. The van der Waals surface area contributed by atoms with Crippen molar-refractivity contribution < 1.29 is 30.3 Å². The SMILES string of the molecule is CC(C)C[C@@H]1CCC2CC[C@H](C(C)C)C(O)C2C1O.[Ir].[c-]1ccccc1-c1cc2ccccc2cn1. The van der Waals surface area contributed by atoms with Crippen LogP contribution in [0.2, 0.25) is 0 Å². The minimum atomic E-state index is -0.288. The maximum Gasteiger partial charge on any atom is 0.0626 e. The second-order valence-corrected chi connectivity index (χ2v) is 11.5. The Morgan fingerprint density at radius 3 is 2.25 bits per heavy atom. The number of hydrogen-bond donors (Lipinski definition) is 2. The maximum absolute atomic E-state index is 10.7. The third kappa shape index (κ3) is 6.84. The van der Waals surface area contributed by atoms with Crippen LogP contribution in [0, 0.1) is 41.6 Å². The standard InChI is InChI=1S/C17H32O2.C15H10N.Ir/c1-10(2)9-13-6-5-12-7-8-14(11(3)4)17(19)15(12)16(13)18;1-2-6-12(7-3-1)15-10-13-8-4-5-9-14(13)11-16-15;/h10-19H,5-9H2,1-4H3;1-6,8-11H;/q;-1;/t12?,13-,14+,15?,16?,17?;;/m0../s1. The zero-order chi connectivity index (χ0) is 24.9. The predicted molar refractivity (Wildman–Crippen MR) is 145 cm³/mol. The van der Waals surface area contributed by atoms with Gasteiger partial charge in [0.2, 0.25) is 0 Å². The molecule has 0 spiro atoms. The Bertz CT molecular complexity index is 1070. The predicted octanol–water partition coefficient (Wildman–Crippen LogP) is 7.16. The van der Waals surface area contributed by atoms with Gasteiger partial charge in [-0.15, -0.1) is 35.9 Å². The van der Waals surface area contributed by atoms with Crippen LogP contribution in [0.1, 0.15) is 59.8 Å². The first-order valence-electron chi connectivity index (χ1n) is 13.5. The van der Waals surface area contributed by atoms with Crippen molar-refractivity contribution in [3.05, 3.63) is 66.9 Å². The number of aromatic nitrogens is 1. The topological polar surface area (TPSA) is 53.4 Å². The van der Waals surface area contributed by atoms with E-state index in [0.29, 0.717) is 29.6 Å². The van der Waals surface area contributed by atoms with Crippen LogP contribution in [0.25, 0.3) is 22.0 Å². The molecule has 5 rings (SSSR count). The zero-order valence-corrected chi connectivity index (χ0v) is 24.5. The van der Waals surface area contributed by atoms with E-state index in [1.54, 1.807) is 0 Å². The summed E-state index contributed by atoms with van der Waals surface area (Å²) in [6.07, 6.45) is 7.15. The number of rotatable bonds is 4. The van der Waals surface area contributed by atoms with Crippen LogP contribution < -0.4 is 0 Å². The average molecular weight is 665 g/mol. The molecule has 197 valence electrons. The summed E-state index contributed by atoms with van der Waals surface area (Å²) in [5.41, 5.74) is 2.01. The Labute approximate surface area is 231 Å². The minimum Gasteiger partial charge on any atom is -0.392 e. The number of aliphatic hydroxyl groups excluding tert-OH is 2. The Kier molecular flexibility index (Phi) is 10.7. The Morgan fingerprint density at radius 2 is 1.58 bits per heavy atom. The number of benzene rings is 2. The number of aliphatic hydroxyl groups is 2. The van der Waals surface area contributed by atoms with Gasteiger partial charge in [-0.25, -0.2) is 0 Å². The van der Waals surface area contributed by atoms with E-state index in [2.05, 4.69) is 56.9 Å². The van der Waals surface area contributed by atoms with Crippen molar-refractivity contribution in [1.29, 1.82) is 0 Å². The number of fused-ring (bicyclic) bond motifs is 2. The van der Waals surface area contributed by atoms with Crippen molar-refractivity contribution in [1.82, 2.24) is 4.98 Å². The van der Waals surface area contributed by atoms with Crippen LogP contribution in [0.5, 0.6) is 0 Å². The van der Waals surface area contributed by atoms with Crippen LogP contribution in [0.15, 0.2) is 60.8 Å². The first-order valence-corrected chi connectivity index (χ1v) is 13.5. The third-order valence-electron chi connectivity index (χ3n) is 8.28. The summed E-state index contributed by atoms with van der Waals surface area (Å²) in [6, 6.07) is 21.4. The molecule has 3 aromatic rings. The molecule has 4 heteroatoms. The molecular weight excluding hydrogens is 623 g/mol. The van der Waals surface area contributed by atoms with E-state index in [-0.39, 0.29) is 38.2 Å². The average Bonchev–Trinajstić information content (AvgIpc) is 2.86. The van der Waals surface area contributed by atoms with E-state index in [0.717, 1.165) is 30.5 Å². The molecule has 0 saturated heterocycles. The number of nitrogens with zero attached hydrogens (tertiary/aromatic N) is 1. The van der Waals surface area contributed by atoms with E-state index in [1.165, 1.54) is 23.6 Å². The van der Waals surface area contributed by atoms with Crippen molar-refractivity contribution >= 4 is 10.8 Å². The van der Waals surface area contributed by atoms with E-state index in [9.17, 15) is 10.2 Å². The monoisotopic (exact) mass is 665 g/mol. The van der Waals surface area contributed by atoms with Crippen LogP contribution in [-0.4, -0.2) is 27.4 Å². The summed E-state index contributed by atoms with van der Waals surface area (Å²) in [5.74, 6) is 2.64. The van der Waals surface area contributed by atoms with Gasteiger partial charge in [0, 0.05) is 32.2 Å². The molecule has 3 nitrogen and oxygen atoms in total. The fourth-order valence-electron chi connectivity index (χ4n) is 6.44. The molecule has 0 amide bonds. The van der Waals surface area contributed by atoms with Crippen LogP contribution in [-0.2, 0) is 20.1 Å². The van der Waals surface area contributed by atoms with Gasteiger partial charge in [-0.2, -0.15) is 0 Å². The first-order chi connectivity index (χ1) is 16.8. The van der Waals surface area contributed by atoms with Crippen molar-refractivity contribution in [3.63, 3.8) is 0 Å². The van der Waals surface area contributed by atoms with E-state index < -0.39 is 0 Å². The molecule has 1 aromatic heterocycles. The van der Waals surface area contributed by atoms with E-state index in [1.807, 2.05) is 42.6 Å². The van der Waals surface area contributed by atoms with E-state index in [4.69, 9.17) is 0 Å². The van der Waals surface area contributed by atoms with Crippen LogP contribution in [0.3, 0.4) is 0 Å². The minimum absolute atomic E-state index is 0. The number of pyridine rings is 1. The van der Waals surface area contributed by atoms with Gasteiger partial charge < -0.3 is 15.2 Å². The molecule has 1 radical (unpaired) electrons. The second kappa shape index (κ2) is 13.3. The summed E-state index contributed by atoms with van der Waals surface area (Å²) in [4.78, 5) is 4.45. The van der Waals surface area contributed by atoms with Crippen LogP contribution in [0.4, 0.5) is 0 Å². The molecule has 2 saturated carbocycles. The molecule has 2 aliphatic rings. The molecule has 6 atom stereocenters. The van der Waals surface area contributed by atoms with Gasteiger partial charge in [0.05, 0.1) is 12.2 Å². The molecule has 2 N–H and O–H groups in total. The molecule has 2 aliphatic carbocycles. The van der Waals surface area contributed by atoms with Crippen LogP contribution >= 0.6 is 0 Å². The Morgan fingerprint density at radius 1 is 0.889 bits per heavy atom. The summed E-state index contributed by atoms with van der Waals surface area (Å²) < 4.78 is 0.